The molecule has 22 heavy (non-hydrogen) atoms. The van der Waals surface area contributed by atoms with Crippen molar-refractivity contribution in [1.82, 2.24) is 0 Å². The Hall–Kier alpha value is -0.530. The molecule has 0 radical (unpaired) electrons. The molecule has 0 unspecified atom stereocenters. The van der Waals surface area contributed by atoms with Gasteiger partial charge in [0, 0.05) is 6.42 Å². The SMILES string of the molecule is CCCCCCCCCCCCCCCCCOC(=O)CC. The number of ether oxygens (including phenoxy) is 1. The zero-order valence-electron chi connectivity index (χ0n) is 15.3. The summed E-state index contributed by atoms with van der Waals surface area (Å²) in [4.78, 5) is 10.9. The average molecular weight is 313 g/mol. The summed E-state index contributed by atoms with van der Waals surface area (Å²) in [5, 5.41) is 0. The Balaban J connectivity index is 2.98. The third-order valence-corrected chi connectivity index (χ3v) is 4.30. The second-order valence-electron chi connectivity index (χ2n) is 6.52. The molecule has 0 spiro atoms. The van der Waals surface area contributed by atoms with E-state index in [9.17, 15) is 4.79 Å². The molecule has 0 amide bonds. The van der Waals surface area contributed by atoms with Crippen LogP contribution in [-0.2, 0) is 9.53 Å². The fourth-order valence-corrected chi connectivity index (χ4v) is 2.76. The van der Waals surface area contributed by atoms with Crippen molar-refractivity contribution in [3.63, 3.8) is 0 Å². The average Bonchev–Trinajstić information content (AvgIpc) is 2.54. The number of carbonyl (C=O) groups is 1. The molecule has 132 valence electrons. The number of unbranched alkanes of at least 4 members (excludes halogenated alkanes) is 14. The van der Waals surface area contributed by atoms with E-state index in [1.165, 1.54) is 89.9 Å². The van der Waals surface area contributed by atoms with Gasteiger partial charge in [-0.05, 0) is 6.42 Å². The summed E-state index contributed by atoms with van der Waals surface area (Å²) >= 11 is 0. The number of rotatable bonds is 17. The maximum Gasteiger partial charge on any atom is 0.305 e. The van der Waals surface area contributed by atoms with E-state index in [0.717, 1.165) is 6.42 Å². The topological polar surface area (TPSA) is 26.3 Å². The summed E-state index contributed by atoms with van der Waals surface area (Å²) in [6, 6.07) is 0. The van der Waals surface area contributed by atoms with E-state index in [2.05, 4.69) is 6.92 Å². The van der Waals surface area contributed by atoms with Crippen LogP contribution < -0.4 is 0 Å². The van der Waals surface area contributed by atoms with E-state index in [-0.39, 0.29) is 5.97 Å². The molecule has 0 fully saturated rings. The first-order valence-corrected chi connectivity index (χ1v) is 9.96. The molecule has 0 aliphatic carbocycles. The lowest BCUT2D eigenvalue weighted by Crippen LogP contribution is -2.03. The summed E-state index contributed by atoms with van der Waals surface area (Å²) in [6.07, 6.45) is 21.0. The fraction of sp³-hybridized carbons (Fsp3) is 0.950. The van der Waals surface area contributed by atoms with Crippen molar-refractivity contribution in [2.75, 3.05) is 6.61 Å². The molecule has 0 aliphatic heterocycles. The third-order valence-electron chi connectivity index (χ3n) is 4.30. The largest absolute Gasteiger partial charge is 0.466 e. The minimum absolute atomic E-state index is 0.0645. The van der Waals surface area contributed by atoms with Gasteiger partial charge >= 0.3 is 5.97 Å². The zero-order valence-corrected chi connectivity index (χ0v) is 15.3. The van der Waals surface area contributed by atoms with Gasteiger partial charge in [-0.2, -0.15) is 0 Å². The number of hydrogen-bond acceptors (Lipinski definition) is 2. The van der Waals surface area contributed by atoms with Crippen molar-refractivity contribution in [2.45, 2.75) is 117 Å². The van der Waals surface area contributed by atoms with Gasteiger partial charge in [0.05, 0.1) is 6.61 Å². The van der Waals surface area contributed by atoms with E-state index >= 15 is 0 Å². The van der Waals surface area contributed by atoms with Crippen molar-refractivity contribution in [3.8, 4) is 0 Å². The Kier molecular flexibility index (Phi) is 18.1. The van der Waals surface area contributed by atoms with Crippen LogP contribution in [0.1, 0.15) is 117 Å². The molecular weight excluding hydrogens is 272 g/mol. The Morgan fingerprint density at radius 1 is 0.591 bits per heavy atom. The third kappa shape index (κ3) is 17.5. The number of hydrogen-bond donors (Lipinski definition) is 0. The van der Waals surface area contributed by atoms with Gasteiger partial charge in [-0.3, -0.25) is 4.79 Å². The summed E-state index contributed by atoms with van der Waals surface area (Å²) in [5.41, 5.74) is 0. The van der Waals surface area contributed by atoms with E-state index in [4.69, 9.17) is 4.74 Å². The van der Waals surface area contributed by atoms with E-state index < -0.39 is 0 Å². The van der Waals surface area contributed by atoms with Crippen molar-refractivity contribution in [3.05, 3.63) is 0 Å². The molecule has 0 heterocycles. The van der Waals surface area contributed by atoms with Crippen LogP contribution in [0.25, 0.3) is 0 Å². The summed E-state index contributed by atoms with van der Waals surface area (Å²) < 4.78 is 5.07. The van der Waals surface area contributed by atoms with Gasteiger partial charge in [-0.15, -0.1) is 0 Å². The Morgan fingerprint density at radius 2 is 0.955 bits per heavy atom. The van der Waals surface area contributed by atoms with Crippen LogP contribution in [-0.4, -0.2) is 12.6 Å². The van der Waals surface area contributed by atoms with Crippen molar-refractivity contribution in [2.24, 2.45) is 0 Å². The summed E-state index contributed by atoms with van der Waals surface area (Å²) in [7, 11) is 0. The van der Waals surface area contributed by atoms with Crippen LogP contribution in [0.3, 0.4) is 0 Å². The Labute approximate surface area is 139 Å². The highest BCUT2D eigenvalue weighted by molar-refractivity contribution is 5.68. The molecule has 0 atom stereocenters. The van der Waals surface area contributed by atoms with Gasteiger partial charge in [0.25, 0.3) is 0 Å². The van der Waals surface area contributed by atoms with Gasteiger partial charge in [0.1, 0.15) is 0 Å². The molecule has 0 N–H and O–H groups in total. The normalized spacial score (nSPS) is 10.8. The first kappa shape index (κ1) is 21.5. The van der Waals surface area contributed by atoms with Gasteiger partial charge in [-0.25, -0.2) is 0 Å². The second-order valence-corrected chi connectivity index (χ2v) is 6.52. The Morgan fingerprint density at radius 3 is 1.32 bits per heavy atom. The molecular formula is C20H40O2. The lowest BCUT2D eigenvalue weighted by Gasteiger charge is -2.04. The molecule has 0 bridgehead atoms. The van der Waals surface area contributed by atoms with Crippen molar-refractivity contribution in [1.29, 1.82) is 0 Å². The first-order valence-electron chi connectivity index (χ1n) is 9.96. The predicted octanol–water partition coefficient (Wildman–Crippen LogP) is 6.81. The smallest absolute Gasteiger partial charge is 0.305 e. The van der Waals surface area contributed by atoms with E-state index in [0.29, 0.717) is 13.0 Å². The maximum atomic E-state index is 10.9. The molecule has 0 aromatic heterocycles. The summed E-state index contributed by atoms with van der Waals surface area (Å²) in [6.45, 7) is 4.74. The first-order chi connectivity index (χ1) is 10.8. The van der Waals surface area contributed by atoms with Crippen LogP contribution in [0.4, 0.5) is 0 Å². The zero-order chi connectivity index (χ0) is 16.3. The van der Waals surface area contributed by atoms with Crippen LogP contribution >= 0.6 is 0 Å². The molecule has 0 saturated heterocycles. The molecule has 0 aromatic carbocycles. The molecule has 2 nitrogen and oxygen atoms in total. The van der Waals surface area contributed by atoms with Crippen molar-refractivity contribution < 1.29 is 9.53 Å². The maximum absolute atomic E-state index is 10.9. The van der Waals surface area contributed by atoms with Gasteiger partial charge in [0.2, 0.25) is 0 Å². The Bertz CT molecular complexity index is 226. The van der Waals surface area contributed by atoms with Gasteiger partial charge in [0.15, 0.2) is 0 Å². The number of carbonyl (C=O) groups excluding carboxylic acids is 1. The molecule has 0 saturated carbocycles. The highest BCUT2D eigenvalue weighted by atomic mass is 16.5. The summed E-state index contributed by atoms with van der Waals surface area (Å²) in [5.74, 6) is -0.0645. The second kappa shape index (κ2) is 18.5. The minimum atomic E-state index is -0.0645. The fourth-order valence-electron chi connectivity index (χ4n) is 2.76. The molecule has 2 heteroatoms. The quantitative estimate of drug-likeness (QED) is 0.218. The van der Waals surface area contributed by atoms with E-state index in [1.807, 2.05) is 6.92 Å². The number of esters is 1. The van der Waals surface area contributed by atoms with Crippen LogP contribution in [0.15, 0.2) is 0 Å². The predicted molar refractivity (Wildman–Crippen MR) is 96.2 cm³/mol. The standard InChI is InChI=1S/C20H40O2/c1-3-5-6-7-8-9-10-11-12-13-14-15-16-17-18-19-22-20(21)4-2/h3-19H2,1-2H3. The molecule has 0 rings (SSSR count). The van der Waals surface area contributed by atoms with Gasteiger partial charge < -0.3 is 4.74 Å². The van der Waals surface area contributed by atoms with E-state index in [1.54, 1.807) is 0 Å². The highest BCUT2D eigenvalue weighted by Crippen LogP contribution is 2.13. The lowest BCUT2D eigenvalue weighted by atomic mass is 10.0. The lowest BCUT2D eigenvalue weighted by molar-refractivity contribution is -0.143. The van der Waals surface area contributed by atoms with Gasteiger partial charge in [-0.1, -0.05) is 104 Å². The van der Waals surface area contributed by atoms with Crippen LogP contribution in [0.2, 0.25) is 0 Å². The van der Waals surface area contributed by atoms with Crippen LogP contribution in [0.5, 0.6) is 0 Å². The van der Waals surface area contributed by atoms with Crippen LogP contribution in [0, 0.1) is 0 Å². The van der Waals surface area contributed by atoms with Crippen molar-refractivity contribution >= 4 is 5.97 Å². The minimum Gasteiger partial charge on any atom is -0.466 e. The molecule has 0 aliphatic rings. The highest BCUT2D eigenvalue weighted by Gasteiger charge is 1.97. The monoisotopic (exact) mass is 312 g/mol. The molecule has 0 aromatic rings.